The Bertz CT molecular complexity index is 2470. The van der Waals surface area contributed by atoms with Crippen LogP contribution in [-0.4, -0.2) is 157 Å². The van der Waals surface area contributed by atoms with Crippen molar-refractivity contribution in [2.24, 2.45) is 23.1 Å². The number of nitrogens with two attached hydrogens (primary N) is 3. The van der Waals surface area contributed by atoms with Gasteiger partial charge in [-0.25, -0.2) is 4.79 Å². The van der Waals surface area contributed by atoms with Crippen LogP contribution in [-0.2, 0) is 75.2 Å². The Hall–Kier alpha value is -8.89. The number of aliphatic carboxylic acids is 3. The minimum absolute atomic E-state index is 0.136. The van der Waals surface area contributed by atoms with Crippen LogP contribution in [0.4, 0.5) is 0 Å². The molecule has 77 heavy (non-hydrogen) atoms. The summed E-state index contributed by atoms with van der Waals surface area (Å²) in [7, 11) is 0. The zero-order chi connectivity index (χ0) is 58.3. The van der Waals surface area contributed by atoms with Crippen LogP contribution in [0.15, 0.2) is 48.5 Å². The molecule has 0 aliphatic heterocycles. The number of phenolic OH excluding ortho intramolecular Hbond substituents is 2. The zero-order valence-corrected chi connectivity index (χ0v) is 42.5. The highest BCUT2D eigenvalue weighted by Crippen LogP contribution is 2.15. The van der Waals surface area contributed by atoms with E-state index in [1.807, 2.05) is 0 Å². The Morgan fingerprint density at radius 2 is 0.857 bits per heavy atom. The fraction of sp³-hybridized carbons (Fsp3) is 0.479. The highest BCUT2D eigenvalue weighted by Gasteiger charge is 2.36. The van der Waals surface area contributed by atoms with E-state index in [2.05, 4.69) is 42.5 Å². The van der Waals surface area contributed by atoms with Crippen molar-refractivity contribution in [3.63, 3.8) is 0 Å². The van der Waals surface area contributed by atoms with Gasteiger partial charge in [0.2, 0.25) is 59.1 Å². The number of phenols is 2. The maximum absolute atomic E-state index is 14.2. The van der Waals surface area contributed by atoms with Crippen molar-refractivity contribution in [1.29, 1.82) is 0 Å². The number of amides is 10. The van der Waals surface area contributed by atoms with Gasteiger partial charge in [-0.1, -0.05) is 44.5 Å². The maximum atomic E-state index is 14.2. The summed E-state index contributed by atoms with van der Waals surface area (Å²) in [6.07, 6.45) is -4.70. The quantitative estimate of drug-likeness (QED) is 0.0322. The number of aromatic hydroxyl groups is 2. The van der Waals surface area contributed by atoms with Crippen molar-refractivity contribution < 1.29 is 87.9 Å². The lowest BCUT2D eigenvalue weighted by Crippen LogP contribution is -2.61. The van der Waals surface area contributed by atoms with Gasteiger partial charge in [-0.3, -0.25) is 57.5 Å². The number of rotatable bonds is 33. The minimum Gasteiger partial charge on any atom is -0.508 e. The van der Waals surface area contributed by atoms with E-state index in [-0.39, 0.29) is 36.3 Å². The van der Waals surface area contributed by atoms with Crippen LogP contribution >= 0.6 is 0 Å². The van der Waals surface area contributed by atoms with Crippen molar-refractivity contribution >= 4 is 77.0 Å². The second-order valence-corrected chi connectivity index (χ2v) is 18.0. The van der Waals surface area contributed by atoms with Crippen LogP contribution in [0.2, 0.25) is 0 Å². The number of nitrogens with one attached hydrogen (secondary N) is 8. The summed E-state index contributed by atoms with van der Waals surface area (Å²) in [5.41, 5.74) is 17.0. The number of benzene rings is 2. The van der Waals surface area contributed by atoms with E-state index in [0.29, 0.717) is 5.56 Å². The van der Waals surface area contributed by atoms with Gasteiger partial charge < -0.3 is 85.3 Å². The van der Waals surface area contributed by atoms with Crippen LogP contribution in [0.25, 0.3) is 0 Å². The molecule has 0 unspecified atom stereocenters. The van der Waals surface area contributed by atoms with E-state index < -0.39 is 176 Å². The second-order valence-electron chi connectivity index (χ2n) is 18.0. The summed E-state index contributed by atoms with van der Waals surface area (Å²) in [6.45, 7) is 5.72. The van der Waals surface area contributed by atoms with Gasteiger partial charge in [0.25, 0.3) is 0 Å². The van der Waals surface area contributed by atoms with Gasteiger partial charge in [-0.15, -0.1) is 0 Å². The predicted molar refractivity (Wildman–Crippen MR) is 267 cm³/mol. The molecular weight excluding hydrogens is 1020 g/mol. The molecule has 422 valence electrons. The Labute approximate surface area is 440 Å². The summed E-state index contributed by atoms with van der Waals surface area (Å²) in [5, 5.41) is 66.6. The minimum atomic E-state index is -1.99. The average molecular weight is 1090 g/mol. The molecule has 0 saturated heterocycles. The Morgan fingerprint density at radius 1 is 0.455 bits per heavy atom. The number of hydrogen-bond donors (Lipinski definition) is 16. The van der Waals surface area contributed by atoms with Crippen LogP contribution in [0, 0.1) is 5.92 Å². The average Bonchev–Trinajstić information content (AvgIpc) is 3.34. The Kier molecular flexibility index (Phi) is 25.9. The standard InChI is InChI=1S/C48H67N11O18/c1-5-22(2)39(59-41(69)24(4)52-42(70)30(15-17-37(64)65)53-40(68)23(3)49)47(75)57-32(20-36(51)63)45(73)55-31(18-25-6-10-27(60)11-7-25)44(72)54-29(14-16-35(50)62)43(71)56-33(21-38(66)67)46(74)58-34(48(76)77)19-26-8-12-28(61)13-9-26/h6-13,22-24,29-34,39,60-61H,5,14-21,49H2,1-4H3,(H2,50,62)(H2,51,63)(H,52,70)(H,53,68)(H,54,72)(H,55,73)(H,56,71)(H,57,75)(H,58,74)(H,59,69)(H,64,65)(H,66,67)(H,76,77)/t22-,23-,24-,29-,30-,31-,32-,33-,34-,39-/m0/s1. The molecule has 0 fully saturated rings. The first-order valence-corrected chi connectivity index (χ1v) is 24.0. The van der Waals surface area contributed by atoms with Gasteiger partial charge in [0, 0.05) is 25.7 Å². The second kappa shape index (κ2) is 31.1. The van der Waals surface area contributed by atoms with Gasteiger partial charge in [0.1, 0.15) is 59.8 Å². The van der Waals surface area contributed by atoms with Crippen molar-refractivity contribution in [3.8, 4) is 11.5 Å². The van der Waals surface area contributed by atoms with Gasteiger partial charge in [-0.2, -0.15) is 0 Å². The molecule has 29 heteroatoms. The molecule has 0 aliphatic rings. The van der Waals surface area contributed by atoms with E-state index in [9.17, 15) is 82.8 Å². The van der Waals surface area contributed by atoms with E-state index >= 15 is 0 Å². The third kappa shape index (κ3) is 23.0. The van der Waals surface area contributed by atoms with Crippen molar-refractivity contribution in [2.45, 2.75) is 140 Å². The number of primary amides is 2. The van der Waals surface area contributed by atoms with E-state index in [1.54, 1.807) is 6.92 Å². The Balaban J connectivity index is 2.46. The van der Waals surface area contributed by atoms with Crippen LogP contribution in [0.5, 0.6) is 11.5 Å². The molecule has 10 amide bonds. The fourth-order valence-corrected chi connectivity index (χ4v) is 7.04. The van der Waals surface area contributed by atoms with Gasteiger partial charge >= 0.3 is 17.9 Å². The first-order chi connectivity index (χ1) is 36.0. The third-order valence-corrected chi connectivity index (χ3v) is 11.6. The monoisotopic (exact) mass is 1090 g/mol. The summed E-state index contributed by atoms with van der Waals surface area (Å²) in [4.78, 5) is 168. The third-order valence-electron chi connectivity index (χ3n) is 11.6. The van der Waals surface area contributed by atoms with Crippen molar-refractivity contribution in [1.82, 2.24) is 42.5 Å². The van der Waals surface area contributed by atoms with Crippen LogP contribution in [0.3, 0.4) is 0 Å². The van der Waals surface area contributed by atoms with Gasteiger partial charge in [-0.05, 0) is 68.0 Å². The number of carbonyl (C=O) groups excluding carboxylic acids is 10. The summed E-state index contributed by atoms with van der Waals surface area (Å²) >= 11 is 0. The largest absolute Gasteiger partial charge is 0.508 e. The van der Waals surface area contributed by atoms with Crippen molar-refractivity contribution in [3.05, 3.63) is 59.7 Å². The number of carboxylic acid groups (broad SMARTS) is 3. The number of hydrogen-bond acceptors (Lipinski definition) is 16. The van der Waals surface area contributed by atoms with E-state index in [0.717, 1.165) is 0 Å². The highest BCUT2D eigenvalue weighted by atomic mass is 16.4. The molecule has 0 spiro atoms. The maximum Gasteiger partial charge on any atom is 0.326 e. The van der Waals surface area contributed by atoms with Gasteiger partial charge in [0.05, 0.1) is 18.9 Å². The zero-order valence-electron chi connectivity index (χ0n) is 42.5. The smallest absolute Gasteiger partial charge is 0.326 e. The molecule has 0 bridgehead atoms. The lowest BCUT2D eigenvalue weighted by atomic mass is 9.97. The van der Waals surface area contributed by atoms with Crippen LogP contribution in [0.1, 0.15) is 83.8 Å². The molecule has 10 atom stereocenters. The summed E-state index contributed by atoms with van der Waals surface area (Å²) in [6, 6.07) is -4.17. The molecule has 0 radical (unpaired) electrons. The SMILES string of the molecule is CC[C@H](C)[C@H](NC(=O)[C@H](C)NC(=O)[C@H](CCC(=O)O)NC(=O)[C@H](C)N)C(=O)N[C@@H](CC(N)=O)C(=O)N[C@@H](Cc1ccc(O)cc1)C(=O)N[C@@H](CCC(N)=O)C(=O)N[C@@H](CC(=O)O)C(=O)N[C@@H](Cc1ccc(O)cc1)C(=O)O. The first-order valence-electron chi connectivity index (χ1n) is 24.0. The number of carboxylic acids is 3. The van der Waals surface area contributed by atoms with E-state index in [1.165, 1.54) is 69.3 Å². The fourth-order valence-electron chi connectivity index (χ4n) is 7.04. The molecule has 2 aromatic rings. The highest BCUT2D eigenvalue weighted by molar-refractivity contribution is 5.99. The predicted octanol–water partition coefficient (Wildman–Crippen LogP) is -4.26. The molecule has 2 aromatic carbocycles. The van der Waals surface area contributed by atoms with Gasteiger partial charge in [0.15, 0.2) is 0 Å². The van der Waals surface area contributed by atoms with Crippen molar-refractivity contribution in [2.75, 3.05) is 0 Å². The summed E-state index contributed by atoms with van der Waals surface area (Å²) < 4.78 is 0. The Morgan fingerprint density at radius 3 is 1.31 bits per heavy atom. The number of carbonyl (C=O) groups is 13. The molecule has 19 N–H and O–H groups in total. The molecule has 29 nitrogen and oxygen atoms in total. The molecular formula is C48H67N11O18. The topological polar surface area (TPSA) is 497 Å². The molecule has 0 saturated carbocycles. The molecule has 0 heterocycles. The normalized spacial score (nSPS) is 14.8. The molecule has 0 aliphatic carbocycles. The first kappa shape index (κ1) is 64.2. The lowest BCUT2D eigenvalue weighted by Gasteiger charge is -2.29. The lowest BCUT2D eigenvalue weighted by molar-refractivity contribution is -0.144. The van der Waals surface area contributed by atoms with E-state index in [4.69, 9.17) is 22.3 Å². The van der Waals surface area contributed by atoms with Crippen LogP contribution < -0.4 is 59.7 Å². The summed E-state index contributed by atoms with van der Waals surface area (Å²) in [5.74, 6) is -16.4. The molecule has 2 rings (SSSR count). The molecule has 0 aromatic heterocycles.